The molecule has 4 nitrogen and oxygen atoms in total. The molecule has 1 aromatic heterocycles. The Kier molecular flexibility index (Phi) is 4.19. The summed E-state index contributed by atoms with van der Waals surface area (Å²) in [4.78, 5) is 18.2. The Labute approximate surface area is 112 Å². The number of rotatable bonds is 3. The molecule has 0 bridgehead atoms. The van der Waals surface area contributed by atoms with Gasteiger partial charge in [0.1, 0.15) is 5.15 Å². The van der Waals surface area contributed by atoms with Crippen molar-refractivity contribution in [1.29, 1.82) is 0 Å². The van der Waals surface area contributed by atoms with E-state index >= 15 is 0 Å². The molecule has 98 valence electrons. The van der Waals surface area contributed by atoms with Crippen molar-refractivity contribution in [2.45, 2.75) is 19.8 Å². The van der Waals surface area contributed by atoms with Crippen LogP contribution in [0.5, 0.6) is 0 Å². The van der Waals surface area contributed by atoms with Crippen LogP contribution in [0.4, 0.5) is 0 Å². The lowest BCUT2D eigenvalue weighted by Gasteiger charge is -2.16. The van der Waals surface area contributed by atoms with Gasteiger partial charge in [-0.3, -0.25) is 4.79 Å². The number of pyridine rings is 1. The quantitative estimate of drug-likeness (QED) is 0.852. The summed E-state index contributed by atoms with van der Waals surface area (Å²) in [6.45, 7) is 3.48. The molecule has 18 heavy (non-hydrogen) atoms. The van der Waals surface area contributed by atoms with Crippen LogP contribution in [-0.4, -0.2) is 40.6 Å². The maximum absolute atomic E-state index is 12.3. The fraction of sp³-hybridized carbons (Fsp3) is 0.538. The van der Waals surface area contributed by atoms with E-state index in [9.17, 15) is 4.79 Å². The van der Waals surface area contributed by atoms with Gasteiger partial charge in [-0.1, -0.05) is 11.6 Å². The van der Waals surface area contributed by atoms with Crippen molar-refractivity contribution < 1.29 is 9.90 Å². The van der Waals surface area contributed by atoms with Gasteiger partial charge in [-0.05, 0) is 37.8 Å². The number of hydrogen-bond donors (Lipinski definition) is 1. The van der Waals surface area contributed by atoms with Crippen molar-refractivity contribution in [3.05, 3.63) is 28.5 Å². The van der Waals surface area contributed by atoms with Crippen LogP contribution in [0.25, 0.3) is 0 Å². The number of likely N-dealkylation sites (tertiary alicyclic amines) is 1. The lowest BCUT2D eigenvalue weighted by Crippen LogP contribution is -2.29. The number of aliphatic hydroxyl groups excluding tert-OH is 1. The van der Waals surface area contributed by atoms with Crippen molar-refractivity contribution in [2.75, 3.05) is 19.7 Å². The van der Waals surface area contributed by atoms with E-state index < -0.39 is 0 Å². The van der Waals surface area contributed by atoms with Crippen LogP contribution >= 0.6 is 11.6 Å². The summed E-state index contributed by atoms with van der Waals surface area (Å²) in [7, 11) is 0. The zero-order valence-corrected chi connectivity index (χ0v) is 11.2. The Balaban J connectivity index is 2.08. The average Bonchev–Trinajstić information content (AvgIpc) is 2.76. The topological polar surface area (TPSA) is 53.4 Å². The van der Waals surface area contributed by atoms with Crippen LogP contribution in [0.15, 0.2) is 12.1 Å². The van der Waals surface area contributed by atoms with E-state index in [1.165, 1.54) is 0 Å². The first-order valence-electron chi connectivity index (χ1n) is 6.14. The standard InChI is InChI=1S/C13H17ClN2O2/c1-9-6-11(7-12(14)15-9)13(18)16-4-2-10(8-16)3-5-17/h6-7,10,17H,2-5,8H2,1H3. The first-order chi connectivity index (χ1) is 8.60. The third-order valence-corrected chi connectivity index (χ3v) is 3.47. The first kappa shape index (κ1) is 13.3. The zero-order valence-electron chi connectivity index (χ0n) is 10.4. The molecule has 2 rings (SSSR count). The van der Waals surface area contributed by atoms with Gasteiger partial charge in [0.05, 0.1) is 0 Å². The van der Waals surface area contributed by atoms with Crippen molar-refractivity contribution >= 4 is 17.5 Å². The summed E-state index contributed by atoms with van der Waals surface area (Å²) >= 11 is 5.86. The van der Waals surface area contributed by atoms with Crippen molar-refractivity contribution in [2.24, 2.45) is 5.92 Å². The Bertz CT molecular complexity index is 430. The number of nitrogens with zero attached hydrogens (tertiary/aromatic N) is 2. The second kappa shape index (κ2) is 5.67. The van der Waals surface area contributed by atoms with E-state index in [1.807, 2.05) is 11.8 Å². The molecule has 1 saturated heterocycles. The number of aryl methyl sites for hydroxylation is 1. The van der Waals surface area contributed by atoms with Crippen LogP contribution < -0.4 is 0 Å². The van der Waals surface area contributed by atoms with Gasteiger partial charge in [-0.15, -0.1) is 0 Å². The maximum Gasteiger partial charge on any atom is 0.254 e. The van der Waals surface area contributed by atoms with Crippen LogP contribution in [0.1, 0.15) is 28.9 Å². The number of aliphatic hydroxyl groups is 1. The molecular formula is C13H17ClN2O2. The maximum atomic E-state index is 12.3. The van der Waals surface area contributed by atoms with Gasteiger partial charge in [0.25, 0.3) is 5.91 Å². The molecule has 1 unspecified atom stereocenters. The van der Waals surface area contributed by atoms with E-state index in [2.05, 4.69) is 4.98 Å². The molecule has 1 fully saturated rings. The van der Waals surface area contributed by atoms with Crippen molar-refractivity contribution in [1.82, 2.24) is 9.88 Å². The smallest absolute Gasteiger partial charge is 0.254 e. The highest BCUT2D eigenvalue weighted by Crippen LogP contribution is 2.22. The SMILES string of the molecule is Cc1cc(C(=O)N2CCC(CCO)C2)cc(Cl)n1. The largest absolute Gasteiger partial charge is 0.396 e. The summed E-state index contributed by atoms with van der Waals surface area (Å²) < 4.78 is 0. The summed E-state index contributed by atoms with van der Waals surface area (Å²) in [5.74, 6) is 0.417. The lowest BCUT2D eigenvalue weighted by atomic mass is 10.1. The molecule has 1 amide bonds. The fourth-order valence-corrected chi connectivity index (χ4v) is 2.62. The first-order valence-corrected chi connectivity index (χ1v) is 6.52. The van der Waals surface area contributed by atoms with E-state index in [0.717, 1.165) is 31.6 Å². The number of hydrogen-bond acceptors (Lipinski definition) is 3. The summed E-state index contributed by atoms with van der Waals surface area (Å²) in [6.07, 6.45) is 1.73. The van der Waals surface area contributed by atoms with Gasteiger partial charge in [0.15, 0.2) is 0 Å². The van der Waals surface area contributed by atoms with Crippen molar-refractivity contribution in [3.8, 4) is 0 Å². The normalized spacial score (nSPS) is 19.3. The molecule has 0 aromatic carbocycles. The van der Waals surface area contributed by atoms with Gasteiger partial charge in [0.2, 0.25) is 0 Å². The van der Waals surface area contributed by atoms with Crippen LogP contribution in [0.3, 0.4) is 0 Å². The van der Waals surface area contributed by atoms with E-state index in [1.54, 1.807) is 12.1 Å². The Morgan fingerprint density at radius 3 is 3.06 bits per heavy atom. The van der Waals surface area contributed by atoms with Crippen molar-refractivity contribution in [3.63, 3.8) is 0 Å². The van der Waals surface area contributed by atoms with E-state index in [0.29, 0.717) is 16.6 Å². The second-order valence-corrected chi connectivity index (χ2v) is 5.13. The Morgan fingerprint density at radius 1 is 1.61 bits per heavy atom. The molecule has 1 aromatic rings. The predicted octanol–water partition coefficient (Wildman–Crippen LogP) is 1.89. The van der Waals surface area contributed by atoms with Gasteiger partial charge in [0, 0.05) is 31.0 Å². The monoisotopic (exact) mass is 268 g/mol. The number of halogens is 1. The summed E-state index contributed by atoms with van der Waals surface area (Å²) in [6, 6.07) is 3.36. The minimum atomic E-state index is 0.00263. The lowest BCUT2D eigenvalue weighted by molar-refractivity contribution is 0.0784. The zero-order chi connectivity index (χ0) is 13.1. The van der Waals surface area contributed by atoms with Crippen LogP contribution in [0.2, 0.25) is 5.15 Å². The molecule has 1 N–H and O–H groups in total. The number of carbonyl (C=O) groups excluding carboxylic acids is 1. The summed E-state index contributed by atoms with van der Waals surface area (Å²) in [5.41, 5.74) is 1.34. The fourth-order valence-electron chi connectivity index (χ4n) is 2.37. The summed E-state index contributed by atoms with van der Waals surface area (Å²) in [5, 5.41) is 9.26. The Morgan fingerprint density at radius 2 is 2.39 bits per heavy atom. The third kappa shape index (κ3) is 3.00. The minimum Gasteiger partial charge on any atom is -0.396 e. The predicted molar refractivity (Wildman–Crippen MR) is 69.7 cm³/mol. The van der Waals surface area contributed by atoms with Gasteiger partial charge < -0.3 is 10.0 Å². The van der Waals surface area contributed by atoms with E-state index in [-0.39, 0.29) is 12.5 Å². The van der Waals surface area contributed by atoms with E-state index in [4.69, 9.17) is 16.7 Å². The molecule has 1 aliphatic heterocycles. The molecule has 0 radical (unpaired) electrons. The molecule has 0 saturated carbocycles. The molecule has 0 aliphatic carbocycles. The van der Waals surface area contributed by atoms with Gasteiger partial charge >= 0.3 is 0 Å². The van der Waals surface area contributed by atoms with Crippen LogP contribution in [-0.2, 0) is 0 Å². The molecule has 1 atom stereocenters. The molecule has 0 spiro atoms. The Hall–Kier alpha value is -1.13. The number of amides is 1. The second-order valence-electron chi connectivity index (χ2n) is 4.74. The minimum absolute atomic E-state index is 0.00263. The number of aromatic nitrogens is 1. The molecule has 2 heterocycles. The van der Waals surface area contributed by atoms with Crippen LogP contribution in [0, 0.1) is 12.8 Å². The highest BCUT2D eigenvalue weighted by atomic mass is 35.5. The average molecular weight is 269 g/mol. The number of carbonyl (C=O) groups is 1. The highest BCUT2D eigenvalue weighted by Gasteiger charge is 2.26. The highest BCUT2D eigenvalue weighted by molar-refractivity contribution is 6.29. The third-order valence-electron chi connectivity index (χ3n) is 3.28. The van der Waals surface area contributed by atoms with Gasteiger partial charge in [-0.25, -0.2) is 4.98 Å². The molecule has 5 heteroatoms. The molecule has 1 aliphatic rings. The van der Waals surface area contributed by atoms with Gasteiger partial charge in [-0.2, -0.15) is 0 Å². The molecular weight excluding hydrogens is 252 g/mol.